The van der Waals surface area contributed by atoms with Crippen LogP contribution in [-0.4, -0.2) is 66.9 Å². The number of carboxylic acids is 1. The highest BCUT2D eigenvalue weighted by atomic mass is 35.5. The molecule has 1 aliphatic carbocycles. The summed E-state index contributed by atoms with van der Waals surface area (Å²) < 4.78 is 8.23. The van der Waals surface area contributed by atoms with Crippen LogP contribution in [0.15, 0.2) is 30.6 Å². The molecule has 1 saturated carbocycles. The Balaban J connectivity index is 1.35. The Morgan fingerprint density at radius 2 is 1.88 bits per heavy atom. The number of aromatic nitrogens is 3. The number of hydrogen-bond acceptors (Lipinski definition) is 6. The van der Waals surface area contributed by atoms with Crippen molar-refractivity contribution in [2.45, 2.75) is 57.6 Å². The Morgan fingerprint density at radius 3 is 2.63 bits per heavy atom. The van der Waals surface area contributed by atoms with Crippen LogP contribution in [0.4, 0.5) is 0 Å². The predicted molar refractivity (Wildman–Crippen MR) is 151 cm³/mol. The normalized spacial score (nSPS) is 22.7. The second-order valence-corrected chi connectivity index (χ2v) is 11.7. The van der Waals surface area contributed by atoms with Crippen molar-refractivity contribution in [3.63, 3.8) is 0 Å². The van der Waals surface area contributed by atoms with Crippen LogP contribution in [0.3, 0.4) is 0 Å². The number of nitrogens with zero attached hydrogens (tertiary/aromatic N) is 5. The van der Waals surface area contributed by atoms with E-state index >= 15 is 0 Å². The van der Waals surface area contributed by atoms with E-state index in [0.29, 0.717) is 56.1 Å². The summed E-state index contributed by atoms with van der Waals surface area (Å²) in [4.78, 5) is 51.6. The topological polar surface area (TPSA) is 118 Å². The van der Waals surface area contributed by atoms with Gasteiger partial charge in [0.25, 0.3) is 0 Å². The number of pyridine rings is 1. The quantitative estimate of drug-likeness (QED) is 0.447. The van der Waals surface area contributed by atoms with E-state index < -0.39 is 23.8 Å². The fraction of sp³-hybridized carbons (Fsp3) is 0.500. The summed E-state index contributed by atoms with van der Waals surface area (Å²) in [5.41, 5.74) is 3.98. The first-order valence-electron chi connectivity index (χ1n) is 14.3. The molecule has 3 aromatic rings. The molecular formula is C30H34ClN5O5. The highest BCUT2D eigenvalue weighted by Crippen LogP contribution is 2.43. The van der Waals surface area contributed by atoms with E-state index in [2.05, 4.69) is 4.98 Å². The lowest BCUT2D eigenvalue weighted by atomic mass is 9.77. The molecule has 4 heterocycles. The maximum Gasteiger partial charge on any atom is 0.307 e. The molecule has 41 heavy (non-hydrogen) atoms. The van der Waals surface area contributed by atoms with Crippen LogP contribution in [0, 0.1) is 11.8 Å². The van der Waals surface area contributed by atoms with Crippen molar-refractivity contribution in [2.75, 3.05) is 19.6 Å². The van der Waals surface area contributed by atoms with Crippen molar-refractivity contribution in [1.82, 2.24) is 24.3 Å². The molecule has 1 N–H and O–H groups in total. The van der Waals surface area contributed by atoms with Gasteiger partial charge in [-0.05, 0) is 55.5 Å². The van der Waals surface area contributed by atoms with Crippen LogP contribution in [0.25, 0.3) is 11.2 Å². The molecule has 2 aromatic heterocycles. The second kappa shape index (κ2) is 11.3. The number of aliphatic carboxylic acids is 1. The molecule has 2 amide bonds. The lowest BCUT2D eigenvalue weighted by Gasteiger charge is -2.43. The van der Waals surface area contributed by atoms with Crippen LogP contribution in [-0.2, 0) is 34.5 Å². The van der Waals surface area contributed by atoms with Gasteiger partial charge in [0, 0.05) is 43.7 Å². The van der Waals surface area contributed by atoms with Gasteiger partial charge in [-0.25, -0.2) is 9.97 Å². The molecule has 2 fully saturated rings. The Bertz CT molecular complexity index is 1510. The zero-order valence-electron chi connectivity index (χ0n) is 23.1. The van der Waals surface area contributed by atoms with Gasteiger partial charge in [-0.15, -0.1) is 0 Å². The summed E-state index contributed by atoms with van der Waals surface area (Å²) in [6.07, 6.45) is 6.18. The summed E-state index contributed by atoms with van der Waals surface area (Å²) in [7, 11) is 1.89. The van der Waals surface area contributed by atoms with Crippen molar-refractivity contribution in [2.24, 2.45) is 18.9 Å². The van der Waals surface area contributed by atoms with Crippen LogP contribution < -0.4 is 4.74 Å². The number of hydrogen-bond donors (Lipinski definition) is 1. The summed E-state index contributed by atoms with van der Waals surface area (Å²) in [6, 6.07) is 6.92. The minimum atomic E-state index is -0.920. The maximum absolute atomic E-state index is 14.1. The fourth-order valence-electron chi connectivity index (χ4n) is 6.68. The Morgan fingerprint density at radius 1 is 1.07 bits per heavy atom. The molecule has 2 aliphatic heterocycles. The number of carbonyl (C=O) groups is 3. The third-order valence-corrected chi connectivity index (χ3v) is 9.17. The first kappa shape index (κ1) is 27.5. The number of imidazole rings is 1. The molecule has 11 heteroatoms. The van der Waals surface area contributed by atoms with E-state index in [1.165, 1.54) is 0 Å². The first-order chi connectivity index (χ1) is 19.8. The predicted octanol–water partition coefficient (Wildman–Crippen LogP) is 4.14. The van der Waals surface area contributed by atoms with Crippen molar-refractivity contribution >= 4 is 40.5 Å². The molecule has 1 aromatic carbocycles. The highest BCUT2D eigenvalue weighted by molar-refractivity contribution is 6.31. The number of fused-ring (bicyclic) bond motifs is 2. The summed E-state index contributed by atoms with van der Waals surface area (Å²) in [5.74, 6) is -1.72. The third-order valence-electron chi connectivity index (χ3n) is 8.81. The van der Waals surface area contributed by atoms with Crippen LogP contribution in [0.1, 0.15) is 61.4 Å². The van der Waals surface area contributed by atoms with E-state index in [4.69, 9.17) is 21.3 Å². The minimum absolute atomic E-state index is 0.0591. The van der Waals surface area contributed by atoms with Crippen molar-refractivity contribution < 1.29 is 24.2 Å². The Labute approximate surface area is 243 Å². The lowest BCUT2D eigenvalue weighted by molar-refractivity contribution is -0.154. The molecule has 0 spiro atoms. The van der Waals surface area contributed by atoms with E-state index in [0.717, 1.165) is 47.2 Å². The summed E-state index contributed by atoms with van der Waals surface area (Å²) in [6.45, 7) is 1.54. The van der Waals surface area contributed by atoms with Crippen LogP contribution >= 0.6 is 11.6 Å². The molecule has 1 saturated heterocycles. The molecule has 2 unspecified atom stereocenters. The standard InChI is InChI=1S/C30H34ClN5O5/c1-34-17-32-23-10-8-18(33-28(23)34)16-41-25-11-9-22(31)21-12-14-36(24(27(21)25)15-35-13-4-7-26(35)37)29(38)19-5-2-3-6-20(19)30(39)40/h8-11,17,19-20,24H,2-7,12-16H2,1H3,(H,39,40)/t19?,20?,24-/m1/s1. The van der Waals surface area contributed by atoms with Gasteiger partial charge >= 0.3 is 5.97 Å². The summed E-state index contributed by atoms with van der Waals surface area (Å²) in [5, 5.41) is 10.5. The number of aryl methyl sites for hydroxylation is 1. The third kappa shape index (κ3) is 5.25. The SMILES string of the molecule is Cn1cnc2ccc(COc3ccc(Cl)c4c3[C@@H](CN3CCCC3=O)N(C(=O)C3CCCCC3C(=O)O)CC4)nc21. The fourth-order valence-corrected chi connectivity index (χ4v) is 6.94. The number of carbonyl (C=O) groups excluding carboxylic acids is 2. The zero-order chi connectivity index (χ0) is 28.7. The molecule has 216 valence electrons. The number of ether oxygens (including phenoxy) is 1. The molecule has 0 radical (unpaired) electrons. The molecule has 10 nitrogen and oxygen atoms in total. The Kier molecular flexibility index (Phi) is 7.59. The van der Waals surface area contributed by atoms with Gasteiger partial charge < -0.3 is 24.2 Å². The summed E-state index contributed by atoms with van der Waals surface area (Å²) >= 11 is 6.71. The second-order valence-electron chi connectivity index (χ2n) is 11.3. The van der Waals surface area contributed by atoms with Crippen LogP contribution in [0.2, 0.25) is 5.02 Å². The van der Waals surface area contributed by atoms with E-state index in [9.17, 15) is 19.5 Å². The zero-order valence-corrected chi connectivity index (χ0v) is 23.8. The molecule has 3 atom stereocenters. The lowest BCUT2D eigenvalue weighted by Crippen LogP contribution is -2.50. The van der Waals surface area contributed by atoms with Gasteiger partial charge in [-0.2, -0.15) is 0 Å². The van der Waals surface area contributed by atoms with E-state index in [1.54, 1.807) is 16.1 Å². The van der Waals surface area contributed by atoms with Crippen molar-refractivity contribution in [3.8, 4) is 5.75 Å². The first-order valence-corrected chi connectivity index (χ1v) is 14.7. The van der Waals surface area contributed by atoms with E-state index in [-0.39, 0.29) is 18.4 Å². The van der Waals surface area contributed by atoms with E-state index in [1.807, 2.05) is 35.9 Å². The van der Waals surface area contributed by atoms with Crippen LogP contribution in [0.5, 0.6) is 5.75 Å². The number of rotatable bonds is 7. The van der Waals surface area contributed by atoms with Gasteiger partial charge in [-0.1, -0.05) is 24.4 Å². The average Bonchev–Trinajstić information content (AvgIpc) is 3.56. The monoisotopic (exact) mass is 579 g/mol. The number of carboxylic acid groups (broad SMARTS) is 1. The number of likely N-dealkylation sites (tertiary alicyclic amines) is 1. The van der Waals surface area contributed by atoms with Gasteiger partial charge in [-0.3, -0.25) is 14.4 Å². The molecule has 3 aliphatic rings. The Hall–Kier alpha value is -3.66. The average molecular weight is 580 g/mol. The minimum Gasteiger partial charge on any atom is -0.487 e. The molecule has 6 rings (SSSR count). The number of benzene rings is 1. The smallest absolute Gasteiger partial charge is 0.307 e. The number of amides is 2. The highest BCUT2D eigenvalue weighted by Gasteiger charge is 2.43. The van der Waals surface area contributed by atoms with Gasteiger partial charge in [0.05, 0.1) is 29.9 Å². The van der Waals surface area contributed by atoms with Gasteiger partial charge in [0.1, 0.15) is 17.9 Å². The van der Waals surface area contributed by atoms with Crippen molar-refractivity contribution in [3.05, 3.63) is 52.4 Å². The maximum atomic E-state index is 14.1. The van der Waals surface area contributed by atoms with Gasteiger partial charge in [0.2, 0.25) is 11.8 Å². The molecule has 0 bridgehead atoms. The van der Waals surface area contributed by atoms with Gasteiger partial charge in [0.15, 0.2) is 5.65 Å². The largest absolute Gasteiger partial charge is 0.487 e. The van der Waals surface area contributed by atoms with Crippen molar-refractivity contribution in [1.29, 1.82) is 0 Å². The number of halogens is 1. The molecular weight excluding hydrogens is 546 g/mol.